The Bertz CT molecular complexity index is 366. The molecule has 90 valence electrons. The van der Waals surface area contributed by atoms with Crippen molar-refractivity contribution in [2.75, 3.05) is 11.9 Å². The van der Waals surface area contributed by atoms with Crippen LogP contribution in [-0.2, 0) is 6.18 Å². The third-order valence-corrected chi connectivity index (χ3v) is 3.62. The Balaban J connectivity index is 2.08. The summed E-state index contributed by atoms with van der Waals surface area (Å²) in [7, 11) is 0. The van der Waals surface area contributed by atoms with Crippen LogP contribution < -0.4 is 11.1 Å². The van der Waals surface area contributed by atoms with Crippen LogP contribution in [0.15, 0.2) is 0 Å². The van der Waals surface area contributed by atoms with Gasteiger partial charge in [0, 0.05) is 6.54 Å². The predicted octanol–water partition coefficient (Wildman–Crippen LogP) is 1.85. The van der Waals surface area contributed by atoms with Crippen LogP contribution in [0.25, 0.3) is 0 Å². The monoisotopic (exact) mass is 252 g/mol. The third kappa shape index (κ3) is 2.12. The second-order valence-electron chi connectivity index (χ2n) is 3.87. The van der Waals surface area contributed by atoms with Gasteiger partial charge < -0.3 is 11.1 Å². The number of rotatable bonds is 3. The van der Waals surface area contributed by atoms with E-state index >= 15 is 0 Å². The summed E-state index contributed by atoms with van der Waals surface area (Å²) in [6.45, 7) is 0.397. The zero-order chi connectivity index (χ0) is 11.8. The summed E-state index contributed by atoms with van der Waals surface area (Å²) in [5.74, 6) is 0. The zero-order valence-corrected chi connectivity index (χ0v) is 9.16. The highest BCUT2D eigenvalue weighted by atomic mass is 32.1. The topological polar surface area (TPSA) is 63.8 Å². The van der Waals surface area contributed by atoms with E-state index in [1.165, 1.54) is 0 Å². The Morgan fingerprint density at radius 1 is 1.38 bits per heavy atom. The van der Waals surface area contributed by atoms with Gasteiger partial charge >= 0.3 is 6.18 Å². The number of nitrogens with two attached hydrogens (primary N) is 1. The average Bonchev–Trinajstić information content (AvgIpc) is 2.58. The van der Waals surface area contributed by atoms with Gasteiger partial charge in [-0.15, -0.1) is 10.2 Å². The maximum atomic E-state index is 12.3. The van der Waals surface area contributed by atoms with Crippen LogP contribution in [0.4, 0.5) is 18.3 Å². The molecule has 1 heterocycles. The number of hydrogen-bond acceptors (Lipinski definition) is 5. The van der Waals surface area contributed by atoms with Crippen molar-refractivity contribution in [3.05, 3.63) is 5.01 Å². The van der Waals surface area contributed by atoms with Gasteiger partial charge in [0.15, 0.2) is 0 Å². The molecule has 1 fully saturated rings. The molecule has 0 aliphatic heterocycles. The maximum Gasteiger partial charge on any atom is 0.445 e. The van der Waals surface area contributed by atoms with Crippen LogP contribution in [0.1, 0.15) is 24.3 Å². The van der Waals surface area contributed by atoms with Crippen LogP contribution in [0.3, 0.4) is 0 Å². The van der Waals surface area contributed by atoms with E-state index in [0.29, 0.717) is 17.9 Å². The van der Waals surface area contributed by atoms with E-state index in [0.717, 1.165) is 19.3 Å². The van der Waals surface area contributed by atoms with E-state index in [9.17, 15) is 13.2 Å². The largest absolute Gasteiger partial charge is 0.445 e. The van der Waals surface area contributed by atoms with Gasteiger partial charge in [-0.05, 0) is 19.3 Å². The first-order valence-electron chi connectivity index (χ1n) is 4.84. The Labute approximate surface area is 94.0 Å². The Hall–Kier alpha value is -0.890. The Morgan fingerprint density at radius 3 is 2.44 bits per heavy atom. The summed E-state index contributed by atoms with van der Waals surface area (Å²) in [4.78, 5) is 0. The number of anilines is 1. The summed E-state index contributed by atoms with van der Waals surface area (Å²) < 4.78 is 36.8. The fraction of sp³-hybridized carbons (Fsp3) is 0.750. The minimum absolute atomic E-state index is 0.192. The molecule has 0 aromatic carbocycles. The lowest BCUT2D eigenvalue weighted by molar-refractivity contribution is -0.138. The lowest BCUT2D eigenvalue weighted by atomic mass is 9.77. The van der Waals surface area contributed by atoms with E-state index in [2.05, 4.69) is 15.5 Å². The lowest BCUT2D eigenvalue weighted by Crippen LogP contribution is -2.51. The zero-order valence-electron chi connectivity index (χ0n) is 8.34. The van der Waals surface area contributed by atoms with E-state index in [4.69, 9.17) is 5.73 Å². The van der Waals surface area contributed by atoms with Gasteiger partial charge in [-0.25, -0.2) is 0 Å². The fourth-order valence-electron chi connectivity index (χ4n) is 1.60. The predicted molar refractivity (Wildman–Crippen MR) is 54.2 cm³/mol. The first-order chi connectivity index (χ1) is 7.45. The molecule has 1 aromatic heterocycles. The van der Waals surface area contributed by atoms with E-state index in [1.54, 1.807) is 0 Å². The highest BCUT2D eigenvalue weighted by molar-refractivity contribution is 7.15. The van der Waals surface area contributed by atoms with Gasteiger partial charge in [-0.3, -0.25) is 0 Å². The van der Waals surface area contributed by atoms with Gasteiger partial charge in [0.2, 0.25) is 10.1 Å². The molecule has 3 N–H and O–H groups in total. The molecule has 1 saturated carbocycles. The summed E-state index contributed by atoms with van der Waals surface area (Å²) >= 11 is 0.517. The Kier molecular flexibility index (Phi) is 2.79. The number of aromatic nitrogens is 2. The number of alkyl halides is 3. The molecule has 0 atom stereocenters. The molecular weight excluding hydrogens is 241 g/mol. The lowest BCUT2D eigenvalue weighted by Gasteiger charge is -2.41. The molecule has 0 bridgehead atoms. The van der Waals surface area contributed by atoms with Crippen molar-refractivity contribution in [3.8, 4) is 0 Å². The molecule has 8 heteroatoms. The van der Waals surface area contributed by atoms with Crippen LogP contribution in [0.2, 0.25) is 0 Å². The highest BCUT2D eigenvalue weighted by Gasteiger charge is 2.39. The molecular formula is C8H11F3N4S. The number of nitrogens with zero attached hydrogens (tertiary/aromatic N) is 2. The SMILES string of the molecule is NCC1(Nc2nnc(C(F)(F)F)s2)CCC1. The second-order valence-corrected chi connectivity index (χ2v) is 4.85. The van der Waals surface area contributed by atoms with Crippen molar-refractivity contribution in [3.63, 3.8) is 0 Å². The van der Waals surface area contributed by atoms with Crippen LogP contribution >= 0.6 is 11.3 Å². The molecule has 1 aliphatic rings. The molecule has 16 heavy (non-hydrogen) atoms. The van der Waals surface area contributed by atoms with Gasteiger partial charge in [-0.2, -0.15) is 13.2 Å². The molecule has 4 nitrogen and oxygen atoms in total. The van der Waals surface area contributed by atoms with Crippen molar-refractivity contribution in [2.45, 2.75) is 31.0 Å². The molecule has 0 unspecified atom stereocenters. The fourth-order valence-corrected chi connectivity index (χ4v) is 2.33. The summed E-state index contributed by atoms with van der Waals surface area (Å²) in [5.41, 5.74) is 5.31. The molecule has 1 aromatic rings. The smallest absolute Gasteiger partial charge is 0.353 e. The van der Waals surface area contributed by atoms with Gasteiger partial charge in [0.1, 0.15) is 0 Å². The van der Waals surface area contributed by atoms with Crippen LogP contribution in [0.5, 0.6) is 0 Å². The van der Waals surface area contributed by atoms with Crippen molar-refractivity contribution in [2.24, 2.45) is 5.73 Å². The maximum absolute atomic E-state index is 12.3. The molecule has 0 saturated heterocycles. The van der Waals surface area contributed by atoms with E-state index < -0.39 is 11.2 Å². The standard InChI is InChI=1S/C8H11F3N4S/c9-8(10,11)5-14-15-6(16-5)13-7(4-12)2-1-3-7/h1-4,12H2,(H,13,15). The van der Waals surface area contributed by atoms with Crippen LogP contribution in [0, 0.1) is 0 Å². The Morgan fingerprint density at radius 2 is 2.06 bits per heavy atom. The summed E-state index contributed by atoms with van der Waals surface area (Å²) in [5, 5.41) is 8.80. The molecule has 0 radical (unpaired) electrons. The number of hydrogen-bond donors (Lipinski definition) is 2. The van der Waals surface area contributed by atoms with Gasteiger partial charge in [-0.1, -0.05) is 11.3 Å². The minimum Gasteiger partial charge on any atom is -0.353 e. The van der Waals surface area contributed by atoms with Crippen molar-refractivity contribution in [1.29, 1.82) is 0 Å². The van der Waals surface area contributed by atoms with Crippen molar-refractivity contribution >= 4 is 16.5 Å². The summed E-state index contributed by atoms with van der Waals surface area (Å²) in [6, 6.07) is 0. The third-order valence-electron chi connectivity index (χ3n) is 2.74. The molecule has 0 spiro atoms. The number of halogens is 3. The minimum atomic E-state index is -4.42. The first kappa shape index (κ1) is 11.6. The molecule has 0 amide bonds. The quantitative estimate of drug-likeness (QED) is 0.861. The molecule has 1 aliphatic carbocycles. The van der Waals surface area contributed by atoms with Gasteiger partial charge in [0.25, 0.3) is 0 Å². The van der Waals surface area contributed by atoms with Crippen LogP contribution in [-0.4, -0.2) is 22.3 Å². The van der Waals surface area contributed by atoms with E-state index in [1.807, 2.05) is 0 Å². The van der Waals surface area contributed by atoms with Gasteiger partial charge in [0.05, 0.1) is 5.54 Å². The average molecular weight is 252 g/mol. The number of nitrogens with one attached hydrogen (secondary N) is 1. The van der Waals surface area contributed by atoms with Crippen molar-refractivity contribution in [1.82, 2.24) is 10.2 Å². The highest BCUT2D eigenvalue weighted by Crippen LogP contribution is 2.38. The molecule has 2 rings (SSSR count). The first-order valence-corrected chi connectivity index (χ1v) is 5.66. The normalized spacial score (nSPS) is 19.2. The van der Waals surface area contributed by atoms with Crippen molar-refractivity contribution < 1.29 is 13.2 Å². The van der Waals surface area contributed by atoms with E-state index in [-0.39, 0.29) is 10.7 Å². The summed E-state index contributed by atoms with van der Waals surface area (Å²) in [6.07, 6.45) is -1.66. The second kappa shape index (κ2) is 3.85.